The molecule has 0 aliphatic carbocycles. The number of methoxy groups -OCH3 is 1. The lowest BCUT2D eigenvalue weighted by Gasteiger charge is -2.08. The molecule has 1 unspecified atom stereocenters. The maximum atomic E-state index is 9.63. The van der Waals surface area contributed by atoms with Crippen LogP contribution < -0.4 is 0 Å². The molecule has 0 bridgehead atoms. The van der Waals surface area contributed by atoms with Crippen LogP contribution in [-0.2, 0) is 11.2 Å². The largest absolute Gasteiger partial charge is 0.393 e. The number of pyridine rings is 1. The molecule has 1 rings (SSSR count). The van der Waals surface area contributed by atoms with Crippen LogP contribution >= 0.6 is 0 Å². The number of aliphatic hydroxyl groups is 1. The van der Waals surface area contributed by atoms with E-state index in [2.05, 4.69) is 4.98 Å². The minimum absolute atomic E-state index is 0.306. The molecule has 0 aromatic carbocycles. The Morgan fingerprint density at radius 3 is 3.00 bits per heavy atom. The number of rotatable bonds is 6. The number of aromatic nitrogens is 1. The van der Waals surface area contributed by atoms with Crippen molar-refractivity contribution in [3.8, 4) is 0 Å². The number of hydrogen-bond donors (Lipinski definition) is 1. The Labute approximate surface area is 84.7 Å². The molecule has 14 heavy (non-hydrogen) atoms. The van der Waals surface area contributed by atoms with Crippen LogP contribution in [0.1, 0.15) is 18.5 Å². The first-order chi connectivity index (χ1) is 6.83. The predicted octanol–water partition coefficient (Wildman–Crippen LogP) is 1.41. The van der Waals surface area contributed by atoms with Gasteiger partial charge in [-0.05, 0) is 25.0 Å². The van der Waals surface area contributed by atoms with Gasteiger partial charge in [0.15, 0.2) is 0 Å². The number of ether oxygens (including phenoxy) is 1. The summed E-state index contributed by atoms with van der Waals surface area (Å²) in [5, 5.41) is 9.63. The number of nitrogens with zero attached hydrogens (tertiary/aromatic N) is 1. The zero-order chi connectivity index (χ0) is 10.2. The molecular formula is C11H17NO2. The fourth-order valence-electron chi connectivity index (χ4n) is 1.33. The molecule has 3 nitrogen and oxygen atoms in total. The molecule has 1 heterocycles. The summed E-state index contributed by atoms with van der Waals surface area (Å²) in [7, 11) is 1.67. The molecular weight excluding hydrogens is 178 g/mol. The average molecular weight is 195 g/mol. The van der Waals surface area contributed by atoms with Crippen molar-refractivity contribution in [2.45, 2.75) is 25.4 Å². The molecule has 78 valence electrons. The molecule has 1 aromatic rings. The first-order valence-corrected chi connectivity index (χ1v) is 4.90. The highest BCUT2D eigenvalue weighted by Gasteiger charge is 2.05. The van der Waals surface area contributed by atoms with Gasteiger partial charge < -0.3 is 9.84 Å². The maximum Gasteiger partial charge on any atom is 0.0596 e. The van der Waals surface area contributed by atoms with E-state index < -0.39 is 0 Å². The molecule has 0 amide bonds. The van der Waals surface area contributed by atoms with E-state index in [4.69, 9.17) is 4.74 Å². The molecule has 0 saturated heterocycles. The second-order valence-corrected chi connectivity index (χ2v) is 3.31. The highest BCUT2D eigenvalue weighted by atomic mass is 16.5. The standard InChI is InChI=1S/C11H17NO2/c1-14-8-4-6-11(13)9-10-5-2-3-7-12-10/h2-3,5,7,11,13H,4,6,8-9H2,1H3. The summed E-state index contributed by atoms with van der Waals surface area (Å²) in [6, 6.07) is 5.74. The lowest BCUT2D eigenvalue weighted by atomic mass is 10.1. The summed E-state index contributed by atoms with van der Waals surface area (Å²) in [6.45, 7) is 0.708. The molecule has 1 N–H and O–H groups in total. The van der Waals surface area contributed by atoms with Crippen LogP contribution in [0.3, 0.4) is 0 Å². The van der Waals surface area contributed by atoms with Gasteiger partial charge in [0.05, 0.1) is 6.10 Å². The molecule has 0 radical (unpaired) electrons. The fourth-order valence-corrected chi connectivity index (χ4v) is 1.33. The van der Waals surface area contributed by atoms with Gasteiger partial charge in [-0.1, -0.05) is 6.07 Å². The van der Waals surface area contributed by atoms with Gasteiger partial charge in [0.1, 0.15) is 0 Å². The van der Waals surface area contributed by atoms with Gasteiger partial charge in [0, 0.05) is 32.0 Å². The van der Waals surface area contributed by atoms with Crippen molar-refractivity contribution >= 4 is 0 Å². The summed E-state index contributed by atoms with van der Waals surface area (Å²) in [5.41, 5.74) is 0.942. The normalized spacial score (nSPS) is 12.7. The number of aliphatic hydroxyl groups excluding tert-OH is 1. The van der Waals surface area contributed by atoms with Gasteiger partial charge in [-0.2, -0.15) is 0 Å². The summed E-state index contributed by atoms with van der Waals surface area (Å²) >= 11 is 0. The van der Waals surface area contributed by atoms with Crippen LogP contribution in [0.4, 0.5) is 0 Å². The van der Waals surface area contributed by atoms with Gasteiger partial charge in [0.2, 0.25) is 0 Å². The zero-order valence-electron chi connectivity index (χ0n) is 8.52. The van der Waals surface area contributed by atoms with E-state index in [-0.39, 0.29) is 6.10 Å². The van der Waals surface area contributed by atoms with E-state index in [1.165, 1.54) is 0 Å². The van der Waals surface area contributed by atoms with E-state index >= 15 is 0 Å². The third-order valence-corrected chi connectivity index (χ3v) is 2.06. The highest BCUT2D eigenvalue weighted by Crippen LogP contribution is 2.04. The second kappa shape index (κ2) is 6.51. The third-order valence-electron chi connectivity index (χ3n) is 2.06. The Morgan fingerprint density at radius 2 is 2.36 bits per heavy atom. The first kappa shape index (κ1) is 11.1. The Bertz CT molecular complexity index is 238. The predicted molar refractivity (Wildman–Crippen MR) is 55.1 cm³/mol. The van der Waals surface area contributed by atoms with Crippen LogP contribution in [0, 0.1) is 0 Å². The molecule has 0 aliphatic rings. The lowest BCUT2D eigenvalue weighted by Crippen LogP contribution is -2.12. The minimum Gasteiger partial charge on any atom is -0.393 e. The molecule has 0 aliphatic heterocycles. The summed E-state index contributed by atoms with van der Waals surface area (Å²) in [4.78, 5) is 4.16. The molecule has 1 atom stereocenters. The van der Waals surface area contributed by atoms with E-state index in [0.29, 0.717) is 13.0 Å². The highest BCUT2D eigenvalue weighted by molar-refractivity contribution is 5.04. The van der Waals surface area contributed by atoms with Gasteiger partial charge in [-0.3, -0.25) is 4.98 Å². The number of hydrogen-bond acceptors (Lipinski definition) is 3. The molecule has 3 heteroatoms. The Hall–Kier alpha value is -0.930. The van der Waals surface area contributed by atoms with Crippen molar-refractivity contribution in [2.24, 2.45) is 0 Å². The summed E-state index contributed by atoms with van der Waals surface area (Å²) in [5.74, 6) is 0. The van der Waals surface area contributed by atoms with Crippen LogP contribution in [0.25, 0.3) is 0 Å². The quantitative estimate of drug-likeness (QED) is 0.698. The molecule has 0 saturated carbocycles. The van der Waals surface area contributed by atoms with Crippen molar-refractivity contribution in [3.05, 3.63) is 30.1 Å². The van der Waals surface area contributed by atoms with Crippen molar-refractivity contribution in [1.29, 1.82) is 0 Å². The smallest absolute Gasteiger partial charge is 0.0596 e. The van der Waals surface area contributed by atoms with E-state index in [1.807, 2.05) is 18.2 Å². The fraction of sp³-hybridized carbons (Fsp3) is 0.545. The van der Waals surface area contributed by atoms with Crippen LogP contribution in [-0.4, -0.2) is 29.9 Å². The average Bonchev–Trinajstić information content (AvgIpc) is 2.20. The van der Waals surface area contributed by atoms with Crippen molar-refractivity contribution in [1.82, 2.24) is 4.98 Å². The van der Waals surface area contributed by atoms with Crippen LogP contribution in [0.15, 0.2) is 24.4 Å². The second-order valence-electron chi connectivity index (χ2n) is 3.31. The van der Waals surface area contributed by atoms with Crippen molar-refractivity contribution in [2.75, 3.05) is 13.7 Å². The maximum absolute atomic E-state index is 9.63. The monoisotopic (exact) mass is 195 g/mol. The Morgan fingerprint density at radius 1 is 1.50 bits per heavy atom. The van der Waals surface area contributed by atoms with Gasteiger partial charge in [0.25, 0.3) is 0 Å². The van der Waals surface area contributed by atoms with Crippen LogP contribution in [0.5, 0.6) is 0 Å². The molecule has 1 aromatic heterocycles. The summed E-state index contributed by atoms with van der Waals surface area (Å²) < 4.78 is 4.92. The minimum atomic E-state index is -0.306. The summed E-state index contributed by atoms with van der Waals surface area (Å²) in [6.07, 6.45) is 3.73. The van der Waals surface area contributed by atoms with E-state index in [1.54, 1.807) is 13.3 Å². The first-order valence-electron chi connectivity index (χ1n) is 4.90. The molecule has 0 fully saturated rings. The third kappa shape index (κ3) is 4.35. The van der Waals surface area contributed by atoms with E-state index in [0.717, 1.165) is 18.5 Å². The van der Waals surface area contributed by atoms with Crippen LogP contribution in [0.2, 0.25) is 0 Å². The molecule has 0 spiro atoms. The Balaban J connectivity index is 2.23. The van der Waals surface area contributed by atoms with Gasteiger partial charge in [-0.15, -0.1) is 0 Å². The topological polar surface area (TPSA) is 42.4 Å². The van der Waals surface area contributed by atoms with Crippen molar-refractivity contribution < 1.29 is 9.84 Å². The Kier molecular flexibility index (Phi) is 5.19. The van der Waals surface area contributed by atoms with E-state index in [9.17, 15) is 5.11 Å². The lowest BCUT2D eigenvalue weighted by molar-refractivity contribution is 0.134. The van der Waals surface area contributed by atoms with Gasteiger partial charge >= 0.3 is 0 Å². The van der Waals surface area contributed by atoms with Crippen molar-refractivity contribution in [3.63, 3.8) is 0 Å². The zero-order valence-corrected chi connectivity index (χ0v) is 8.52. The SMILES string of the molecule is COCCCC(O)Cc1ccccn1. The van der Waals surface area contributed by atoms with Gasteiger partial charge in [-0.25, -0.2) is 0 Å².